The summed E-state index contributed by atoms with van der Waals surface area (Å²) in [5.74, 6) is -0.797. The number of rotatable bonds is 3. The van der Waals surface area contributed by atoms with Gasteiger partial charge < -0.3 is 9.80 Å². The molecular formula is C20H17ClFN3O2S2. The highest BCUT2D eigenvalue weighted by Crippen LogP contribution is 2.32. The lowest BCUT2D eigenvalue weighted by Crippen LogP contribution is -2.50. The van der Waals surface area contributed by atoms with Crippen LogP contribution in [0, 0.1) is 12.7 Å². The lowest BCUT2D eigenvalue weighted by molar-refractivity contribution is 0.0537. The number of amides is 2. The van der Waals surface area contributed by atoms with Crippen molar-refractivity contribution in [1.29, 1.82) is 0 Å². The maximum Gasteiger partial charge on any atom is 0.265 e. The number of hydrogen-bond acceptors (Lipinski definition) is 5. The fourth-order valence-electron chi connectivity index (χ4n) is 3.19. The van der Waals surface area contributed by atoms with Crippen LogP contribution in [0.25, 0.3) is 9.88 Å². The fraction of sp³-hybridized carbons (Fsp3) is 0.250. The van der Waals surface area contributed by atoms with Gasteiger partial charge in [0.15, 0.2) is 0 Å². The molecule has 0 bridgehead atoms. The van der Waals surface area contributed by atoms with E-state index in [4.69, 9.17) is 11.6 Å². The van der Waals surface area contributed by atoms with Gasteiger partial charge in [-0.1, -0.05) is 17.7 Å². The van der Waals surface area contributed by atoms with Crippen LogP contribution in [0.1, 0.15) is 25.7 Å². The number of halogens is 2. The lowest BCUT2D eigenvalue weighted by Gasteiger charge is -2.34. The standard InChI is InChI=1S/C20H17ClFN3O2S2/c1-12-17(29-18(23-12)16-3-2-10-28-16)20(27)25-8-6-24(7-9-25)19(26)14-5-4-13(22)11-15(14)21/h2-5,10-11H,6-9H2,1H3. The predicted molar refractivity (Wildman–Crippen MR) is 113 cm³/mol. The van der Waals surface area contributed by atoms with Crippen molar-refractivity contribution >= 4 is 46.1 Å². The molecule has 0 radical (unpaired) electrons. The van der Waals surface area contributed by atoms with Crippen molar-refractivity contribution in [3.8, 4) is 9.88 Å². The van der Waals surface area contributed by atoms with Gasteiger partial charge in [0.05, 0.1) is 21.2 Å². The molecule has 0 saturated carbocycles. The van der Waals surface area contributed by atoms with Crippen LogP contribution in [-0.2, 0) is 0 Å². The number of piperazine rings is 1. The number of aromatic nitrogens is 1. The van der Waals surface area contributed by atoms with Gasteiger partial charge in [0, 0.05) is 26.2 Å². The SMILES string of the molecule is Cc1nc(-c2cccs2)sc1C(=O)N1CCN(C(=O)c2ccc(F)cc2Cl)CC1. The molecule has 1 aliphatic rings. The van der Waals surface area contributed by atoms with Crippen molar-refractivity contribution < 1.29 is 14.0 Å². The second-order valence-corrected chi connectivity index (χ2v) is 8.97. The van der Waals surface area contributed by atoms with E-state index in [1.165, 1.54) is 23.5 Å². The Morgan fingerprint density at radius 2 is 1.79 bits per heavy atom. The minimum atomic E-state index is -0.483. The number of carbonyl (C=O) groups is 2. The first-order valence-corrected chi connectivity index (χ1v) is 11.1. The molecular weight excluding hydrogens is 433 g/mol. The molecule has 4 rings (SSSR count). The van der Waals surface area contributed by atoms with Gasteiger partial charge in [0.2, 0.25) is 0 Å². The maximum atomic E-state index is 13.2. The summed E-state index contributed by atoms with van der Waals surface area (Å²) in [6.07, 6.45) is 0. The first-order valence-electron chi connectivity index (χ1n) is 8.99. The van der Waals surface area contributed by atoms with E-state index in [1.54, 1.807) is 21.1 Å². The Labute approximate surface area is 180 Å². The molecule has 0 N–H and O–H groups in total. The summed E-state index contributed by atoms with van der Waals surface area (Å²) in [5, 5.41) is 2.92. The summed E-state index contributed by atoms with van der Waals surface area (Å²) in [6.45, 7) is 3.49. The van der Waals surface area contributed by atoms with E-state index in [2.05, 4.69) is 4.98 Å². The second-order valence-electron chi connectivity index (χ2n) is 6.62. The summed E-state index contributed by atoms with van der Waals surface area (Å²) in [7, 11) is 0. The molecule has 1 aliphatic heterocycles. The van der Waals surface area contributed by atoms with Crippen LogP contribution in [-0.4, -0.2) is 52.8 Å². The van der Waals surface area contributed by atoms with Crippen molar-refractivity contribution in [2.45, 2.75) is 6.92 Å². The number of nitrogens with zero attached hydrogens (tertiary/aromatic N) is 3. The van der Waals surface area contributed by atoms with Crippen molar-refractivity contribution in [3.63, 3.8) is 0 Å². The molecule has 3 heterocycles. The van der Waals surface area contributed by atoms with Gasteiger partial charge in [-0.2, -0.15) is 0 Å². The quantitative estimate of drug-likeness (QED) is 0.588. The largest absolute Gasteiger partial charge is 0.335 e. The minimum absolute atomic E-state index is 0.0604. The molecule has 1 fully saturated rings. The van der Waals surface area contributed by atoms with Crippen molar-refractivity contribution in [2.75, 3.05) is 26.2 Å². The molecule has 3 aromatic rings. The smallest absolute Gasteiger partial charge is 0.265 e. The normalized spacial score (nSPS) is 14.3. The third-order valence-corrected chi connectivity index (χ3v) is 7.24. The number of thiazole rings is 1. The lowest BCUT2D eigenvalue weighted by atomic mass is 10.1. The molecule has 5 nitrogen and oxygen atoms in total. The van der Waals surface area contributed by atoms with Crippen molar-refractivity contribution in [2.24, 2.45) is 0 Å². The minimum Gasteiger partial charge on any atom is -0.335 e. The zero-order chi connectivity index (χ0) is 20.5. The van der Waals surface area contributed by atoms with E-state index < -0.39 is 5.82 Å². The Balaban J connectivity index is 1.43. The Morgan fingerprint density at radius 3 is 2.41 bits per heavy atom. The van der Waals surface area contributed by atoms with Crippen LogP contribution in [0.3, 0.4) is 0 Å². The number of aryl methyl sites for hydroxylation is 1. The number of carbonyl (C=O) groups excluding carboxylic acids is 2. The average molecular weight is 450 g/mol. The molecule has 9 heteroatoms. The van der Waals surface area contributed by atoms with E-state index in [9.17, 15) is 14.0 Å². The van der Waals surface area contributed by atoms with Gasteiger partial charge in [-0.25, -0.2) is 9.37 Å². The zero-order valence-electron chi connectivity index (χ0n) is 15.5. The molecule has 0 aliphatic carbocycles. The first kappa shape index (κ1) is 20.0. The van der Waals surface area contributed by atoms with Crippen LogP contribution in [0.4, 0.5) is 4.39 Å². The van der Waals surface area contributed by atoms with Crippen molar-refractivity contribution in [3.05, 3.63) is 62.7 Å². The molecule has 0 unspecified atom stereocenters. The van der Waals surface area contributed by atoms with Gasteiger partial charge in [-0.3, -0.25) is 9.59 Å². The maximum absolute atomic E-state index is 13.2. The van der Waals surface area contributed by atoms with E-state index >= 15 is 0 Å². The summed E-state index contributed by atoms with van der Waals surface area (Å²) in [6, 6.07) is 7.69. The zero-order valence-corrected chi connectivity index (χ0v) is 17.9. The summed E-state index contributed by atoms with van der Waals surface area (Å²) in [4.78, 5) is 35.3. The molecule has 0 atom stereocenters. The molecule has 1 aromatic carbocycles. The Kier molecular flexibility index (Phi) is 5.67. The third-order valence-electron chi connectivity index (χ3n) is 4.74. The summed E-state index contributed by atoms with van der Waals surface area (Å²) < 4.78 is 13.2. The second kappa shape index (κ2) is 8.22. The van der Waals surface area contributed by atoms with Gasteiger partial charge in [-0.05, 0) is 36.6 Å². The highest BCUT2D eigenvalue weighted by Gasteiger charge is 2.28. The highest BCUT2D eigenvalue weighted by atomic mass is 35.5. The van der Waals surface area contributed by atoms with Gasteiger partial charge in [0.25, 0.3) is 11.8 Å². The first-order chi connectivity index (χ1) is 13.9. The molecule has 1 saturated heterocycles. The topological polar surface area (TPSA) is 53.5 Å². The fourth-order valence-corrected chi connectivity index (χ4v) is 5.27. The Bertz CT molecular complexity index is 1060. The van der Waals surface area contributed by atoms with Gasteiger partial charge in [0.1, 0.15) is 15.7 Å². The molecule has 2 aromatic heterocycles. The average Bonchev–Trinajstić information content (AvgIpc) is 3.37. The summed E-state index contributed by atoms with van der Waals surface area (Å²) in [5.41, 5.74) is 0.992. The van der Waals surface area contributed by atoms with E-state index in [1.807, 2.05) is 24.4 Å². The van der Waals surface area contributed by atoms with Crippen molar-refractivity contribution in [1.82, 2.24) is 14.8 Å². The van der Waals surface area contributed by atoms with Gasteiger partial charge in [-0.15, -0.1) is 22.7 Å². The highest BCUT2D eigenvalue weighted by molar-refractivity contribution is 7.22. The van der Waals surface area contributed by atoms with Crippen LogP contribution < -0.4 is 0 Å². The Morgan fingerprint density at radius 1 is 1.10 bits per heavy atom. The molecule has 2 amide bonds. The number of thiophene rings is 1. The van der Waals surface area contributed by atoms with Gasteiger partial charge >= 0.3 is 0 Å². The van der Waals surface area contributed by atoms with Crippen LogP contribution in [0.15, 0.2) is 35.7 Å². The van der Waals surface area contributed by atoms with Crippen LogP contribution in [0.5, 0.6) is 0 Å². The van der Waals surface area contributed by atoms with E-state index in [0.717, 1.165) is 21.6 Å². The van der Waals surface area contributed by atoms with E-state index in [0.29, 0.717) is 31.1 Å². The van der Waals surface area contributed by atoms with Crippen LogP contribution in [0.2, 0.25) is 5.02 Å². The third kappa shape index (κ3) is 4.05. The summed E-state index contributed by atoms with van der Waals surface area (Å²) >= 11 is 9.00. The van der Waals surface area contributed by atoms with Crippen LogP contribution >= 0.6 is 34.3 Å². The Hall–Kier alpha value is -2.29. The number of benzene rings is 1. The predicted octanol–water partition coefficient (Wildman–Crippen LogP) is 4.57. The molecule has 0 spiro atoms. The number of hydrogen-bond donors (Lipinski definition) is 0. The molecule has 29 heavy (non-hydrogen) atoms. The monoisotopic (exact) mass is 449 g/mol. The molecule has 150 valence electrons. The van der Waals surface area contributed by atoms with E-state index in [-0.39, 0.29) is 22.4 Å².